The molecule has 0 unspecified atom stereocenters. The monoisotopic (exact) mass is 463 g/mol. The third-order valence-electron chi connectivity index (χ3n) is 4.89. The largest absolute Gasteiger partial charge is 0.449 e. The highest BCUT2D eigenvalue weighted by Crippen LogP contribution is 2.38. The summed E-state index contributed by atoms with van der Waals surface area (Å²) in [4.78, 5) is 23.9. The van der Waals surface area contributed by atoms with Crippen molar-refractivity contribution in [3.8, 4) is 11.9 Å². The number of amides is 1. The van der Waals surface area contributed by atoms with Gasteiger partial charge in [0.25, 0.3) is 5.91 Å². The van der Waals surface area contributed by atoms with Crippen LogP contribution in [0.1, 0.15) is 23.0 Å². The van der Waals surface area contributed by atoms with Crippen LogP contribution in [0, 0.1) is 0 Å². The molecule has 0 bridgehead atoms. The van der Waals surface area contributed by atoms with E-state index < -0.39 is 16.9 Å². The Bertz CT molecular complexity index is 1390. The number of halogens is 4. The minimum absolute atomic E-state index is 0.0570. The Balaban J connectivity index is 1.53. The number of rotatable bonds is 2. The Kier molecular flexibility index (Phi) is 4.59. The van der Waals surface area contributed by atoms with Gasteiger partial charge in [-0.3, -0.25) is 4.79 Å². The normalized spacial score (nSPS) is 16.4. The predicted molar refractivity (Wildman–Crippen MR) is 109 cm³/mol. The van der Waals surface area contributed by atoms with Crippen molar-refractivity contribution in [2.24, 2.45) is 0 Å². The molecule has 5 rings (SSSR count). The number of hydrogen-bond donors (Lipinski definition) is 2. The van der Waals surface area contributed by atoms with Crippen molar-refractivity contribution in [1.82, 2.24) is 20.3 Å². The highest BCUT2D eigenvalue weighted by molar-refractivity contribution is 6.30. The molecule has 4 heterocycles. The minimum atomic E-state index is -4.67. The Hall–Kier alpha value is -3.60. The van der Waals surface area contributed by atoms with E-state index >= 15 is 0 Å². The van der Waals surface area contributed by atoms with Gasteiger partial charge in [-0.05, 0) is 25.1 Å². The zero-order valence-corrected chi connectivity index (χ0v) is 17.0. The maximum Gasteiger partial charge on any atom is 0.420 e. The van der Waals surface area contributed by atoms with Crippen molar-refractivity contribution < 1.29 is 27.1 Å². The summed E-state index contributed by atoms with van der Waals surface area (Å²) < 4.78 is 49.6. The van der Waals surface area contributed by atoms with Crippen molar-refractivity contribution >= 4 is 45.1 Å². The maximum absolute atomic E-state index is 12.8. The lowest BCUT2D eigenvalue weighted by atomic mass is 10.1. The number of nitrogens with one attached hydrogen (secondary N) is 2. The first-order valence-electron chi connectivity index (χ1n) is 9.39. The summed E-state index contributed by atoms with van der Waals surface area (Å²) in [6, 6.07) is 6.11. The number of carbonyl (C=O) groups is 1. The molecule has 8 nitrogen and oxygen atoms in total. The fourth-order valence-electron chi connectivity index (χ4n) is 3.44. The highest BCUT2D eigenvalue weighted by atomic mass is 35.5. The van der Waals surface area contributed by atoms with Crippen LogP contribution in [-0.4, -0.2) is 33.4 Å². The molecule has 1 aliphatic rings. The van der Waals surface area contributed by atoms with Crippen molar-refractivity contribution in [1.29, 1.82) is 0 Å². The molecular weight excluding hydrogens is 451 g/mol. The Morgan fingerprint density at radius 1 is 1.22 bits per heavy atom. The van der Waals surface area contributed by atoms with Gasteiger partial charge >= 0.3 is 12.2 Å². The molecule has 32 heavy (non-hydrogen) atoms. The summed E-state index contributed by atoms with van der Waals surface area (Å²) >= 11 is 5.61. The lowest BCUT2D eigenvalue weighted by molar-refractivity contribution is -0.138. The molecule has 0 saturated carbocycles. The van der Waals surface area contributed by atoms with Gasteiger partial charge in [-0.2, -0.15) is 18.2 Å². The molecule has 1 atom stereocenters. The number of nitrogens with zero attached hydrogens (tertiary/aromatic N) is 3. The first kappa shape index (κ1) is 20.3. The molecule has 164 valence electrons. The number of pyridine rings is 1. The lowest BCUT2D eigenvalue weighted by Crippen LogP contribution is -2.34. The number of hydrogen-bond acceptors (Lipinski definition) is 7. The van der Waals surface area contributed by atoms with Crippen molar-refractivity contribution in [2.75, 3.05) is 11.9 Å². The van der Waals surface area contributed by atoms with Gasteiger partial charge in [-0.15, -0.1) is 0 Å². The topological polar surface area (TPSA) is 102 Å². The predicted octanol–water partition coefficient (Wildman–Crippen LogP) is 4.78. The number of ether oxygens (including phenoxy) is 1. The molecule has 12 heteroatoms. The lowest BCUT2D eigenvalue weighted by Gasteiger charge is -2.10. The van der Waals surface area contributed by atoms with Crippen LogP contribution in [0.4, 0.5) is 18.9 Å². The summed E-state index contributed by atoms with van der Waals surface area (Å²) in [5, 5.41) is 6.68. The summed E-state index contributed by atoms with van der Waals surface area (Å²) in [5.74, 6) is -0.0716. The SMILES string of the molecule is C[C@@H]1CNc2c(oc3ccc4nc(Oc5ncc(C(F)(F)F)c(Cl)n5)ccc4c23)C(=O)N1. The second-order valence-electron chi connectivity index (χ2n) is 7.17. The third kappa shape index (κ3) is 3.44. The number of aromatic nitrogens is 3. The second-order valence-corrected chi connectivity index (χ2v) is 7.53. The molecule has 0 radical (unpaired) electrons. The van der Waals surface area contributed by atoms with Crippen LogP contribution < -0.4 is 15.4 Å². The Labute approximate surface area is 182 Å². The van der Waals surface area contributed by atoms with E-state index in [0.717, 1.165) is 0 Å². The van der Waals surface area contributed by atoms with E-state index in [1.165, 1.54) is 6.07 Å². The standard InChI is InChI=1S/C20H13ClF3N5O3/c1-8-6-25-15-14-9-2-5-13(32-19-26-7-10(17(21)29-19)20(22,23)24)28-11(9)3-4-12(14)31-16(15)18(30)27-8/h2-5,7-8,25H,6H2,1H3,(H,27,30)/t8-/m1/s1. The Morgan fingerprint density at radius 3 is 2.78 bits per heavy atom. The average Bonchev–Trinajstić information content (AvgIpc) is 3.04. The molecule has 1 aliphatic heterocycles. The van der Waals surface area contributed by atoms with Crippen LogP contribution in [0.5, 0.6) is 11.9 Å². The second kappa shape index (κ2) is 7.23. The highest BCUT2D eigenvalue weighted by Gasteiger charge is 2.35. The van der Waals surface area contributed by atoms with Gasteiger partial charge in [0.15, 0.2) is 0 Å². The van der Waals surface area contributed by atoms with Gasteiger partial charge in [0.1, 0.15) is 16.3 Å². The van der Waals surface area contributed by atoms with Gasteiger partial charge in [-0.1, -0.05) is 11.6 Å². The summed E-state index contributed by atoms with van der Waals surface area (Å²) in [6.45, 7) is 2.39. The summed E-state index contributed by atoms with van der Waals surface area (Å²) in [6.07, 6.45) is -4.12. The van der Waals surface area contributed by atoms with Crippen LogP contribution in [-0.2, 0) is 6.18 Å². The summed E-state index contributed by atoms with van der Waals surface area (Å²) in [7, 11) is 0. The molecule has 0 saturated heterocycles. The van der Waals surface area contributed by atoms with E-state index in [9.17, 15) is 18.0 Å². The van der Waals surface area contributed by atoms with Gasteiger partial charge in [-0.25, -0.2) is 9.97 Å². The van der Waals surface area contributed by atoms with E-state index in [1.807, 2.05) is 6.92 Å². The Morgan fingerprint density at radius 2 is 2.03 bits per heavy atom. The van der Waals surface area contributed by atoms with Crippen LogP contribution in [0.25, 0.3) is 21.9 Å². The first-order chi connectivity index (χ1) is 15.2. The number of alkyl halides is 3. The summed E-state index contributed by atoms with van der Waals surface area (Å²) in [5.41, 5.74) is 0.428. The third-order valence-corrected chi connectivity index (χ3v) is 5.17. The fraction of sp³-hybridized carbons (Fsp3) is 0.200. The van der Waals surface area contributed by atoms with Crippen LogP contribution >= 0.6 is 11.6 Å². The molecule has 0 aliphatic carbocycles. The molecule has 0 spiro atoms. The number of furan rings is 1. The smallest absolute Gasteiger partial charge is 0.420 e. The number of benzene rings is 1. The molecule has 2 N–H and O–H groups in total. The van der Waals surface area contributed by atoms with Crippen LogP contribution in [0.15, 0.2) is 34.9 Å². The van der Waals surface area contributed by atoms with Crippen LogP contribution in [0.3, 0.4) is 0 Å². The maximum atomic E-state index is 12.8. The van der Waals surface area contributed by atoms with Crippen molar-refractivity contribution in [3.63, 3.8) is 0 Å². The van der Waals surface area contributed by atoms with Crippen molar-refractivity contribution in [3.05, 3.63) is 46.9 Å². The minimum Gasteiger partial charge on any atom is -0.449 e. The number of anilines is 1. The van der Waals surface area contributed by atoms with Crippen molar-refractivity contribution in [2.45, 2.75) is 19.1 Å². The number of carbonyl (C=O) groups excluding carboxylic acids is 1. The quantitative estimate of drug-likeness (QED) is 0.412. The van der Waals surface area contributed by atoms with E-state index in [-0.39, 0.29) is 29.6 Å². The average molecular weight is 464 g/mol. The van der Waals surface area contributed by atoms with E-state index in [0.29, 0.717) is 40.3 Å². The molecule has 3 aromatic heterocycles. The van der Waals surface area contributed by atoms with E-state index in [2.05, 4.69) is 25.6 Å². The first-order valence-corrected chi connectivity index (χ1v) is 9.77. The van der Waals surface area contributed by atoms with E-state index in [4.69, 9.17) is 20.8 Å². The van der Waals surface area contributed by atoms with Gasteiger partial charge in [0.05, 0.1) is 16.6 Å². The zero-order chi connectivity index (χ0) is 22.6. The van der Waals surface area contributed by atoms with E-state index in [1.54, 1.807) is 18.2 Å². The fourth-order valence-corrected chi connectivity index (χ4v) is 3.67. The van der Waals surface area contributed by atoms with Crippen LogP contribution in [0.2, 0.25) is 5.15 Å². The molecular formula is C20H13ClF3N5O3. The molecule has 1 amide bonds. The van der Waals surface area contributed by atoms with Gasteiger partial charge < -0.3 is 19.8 Å². The van der Waals surface area contributed by atoms with Gasteiger partial charge in [0.2, 0.25) is 11.6 Å². The zero-order valence-electron chi connectivity index (χ0n) is 16.2. The molecule has 1 aromatic carbocycles. The molecule has 0 fully saturated rings. The van der Waals surface area contributed by atoms with Gasteiger partial charge in [0, 0.05) is 30.2 Å². The number of fused-ring (bicyclic) bond motifs is 5. The molecule has 4 aromatic rings.